The highest BCUT2D eigenvalue weighted by molar-refractivity contribution is 6.02. The Morgan fingerprint density at radius 1 is 1.12 bits per heavy atom. The number of amides is 1. The maximum atomic E-state index is 13.1. The van der Waals surface area contributed by atoms with Crippen molar-refractivity contribution in [2.45, 2.75) is 46.1 Å². The molecule has 1 aliphatic heterocycles. The van der Waals surface area contributed by atoms with Gasteiger partial charge in [0.05, 0.1) is 13.4 Å². The number of allylic oxidation sites excluding steroid dienone is 1. The molecule has 1 amide bonds. The highest BCUT2D eigenvalue weighted by Gasteiger charge is 2.23. The van der Waals surface area contributed by atoms with E-state index in [-0.39, 0.29) is 11.9 Å². The van der Waals surface area contributed by atoms with E-state index in [2.05, 4.69) is 55.5 Å². The van der Waals surface area contributed by atoms with Gasteiger partial charge in [0.25, 0.3) is 0 Å². The van der Waals surface area contributed by atoms with Gasteiger partial charge in [-0.25, -0.2) is 0 Å². The van der Waals surface area contributed by atoms with Gasteiger partial charge in [-0.15, -0.1) is 0 Å². The van der Waals surface area contributed by atoms with E-state index in [1.54, 1.807) is 13.2 Å². The Kier molecular flexibility index (Phi) is 5.91. The number of likely N-dealkylation sites (tertiary alicyclic amines) is 1. The van der Waals surface area contributed by atoms with Gasteiger partial charge in [-0.2, -0.15) is 0 Å². The minimum atomic E-state index is 0.0754. The summed E-state index contributed by atoms with van der Waals surface area (Å²) in [5.74, 6) is 0.826. The maximum absolute atomic E-state index is 13.1. The Hall–Kier alpha value is -3.53. The average molecular weight is 454 g/mol. The van der Waals surface area contributed by atoms with E-state index in [1.165, 1.54) is 17.2 Å². The molecule has 1 aliphatic rings. The highest BCUT2D eigenvalue weighted by atomic mass is 16.5. The van der Waals surface area contributed by atoms with Crippen LogP contribution in [0.3, 0.4) is 0 Å². The van der Waals surface area contributed by atoms with Crippen LogP contribution in [0.15, 0.2) is 65.3 Å². The van der Waals surface area contributed by atoms with Crippen LogP contribution < -0.4 is 4.74 Å². The van der Waals surface area contributed by atoms with Gasteiger partial charge in [-0.3, -0.25) is 4.79 Å². The van der Waals surface area contributed by atoms with E-state index >= 15 is 0 Å². The van der Waals surface area contributed by atoms with Crippen molar-refractivity contribution in [1.29, 1.82) is 0 Å². The Bertz CT molecular complexity index is 1410. The number of carbonyl (C=O) groups excluding carboxylic acids is 1. The van der Waals surface area contributed by atoms with Crippen LogP contribution in [0, 0.1) is 6.92 Å². The number of rotatable bonds is 4. The first-order valence-electron chi connectivity index (χ1n) is 12.0. The van der Waals surface area contributed by atoms with Crippen molar-refractivity contribution in [3.05, 3.63) is 72.0 Å². The SMILES string of the molecule is COc1c(/C(C)=C/C(=O)N2CCCCC2C)cc2c(-c3ccc4ccccc4c3)coc2c1C. The van der Waals surface area contributed by atoms with Gasteiger partial charge >= 0.3 is 0 Å². The number of carbonyl (C=O) groups is 1. The summed E-state index contributed by atoms with van der Waals surface area (Å²) in [5.41, 5.74) is 5.72. The summed E-state index contributed by atoms with van der Waals surface area (Å²) in [5, 5.41) is 3.43. The molecule has 1 unspecified atom stereocenters. The molecule has 4 aromatic rings. The van der Waals surface area contributed by atoms with Crippen molar-refractivity contribution >= 4 is 33.2 Å². The van der Waals surface area contributed by atoms with E-state index in [1.807, 2.05) is 25.0 Å². The van der Waals surface area contributed by atoms with Crippen molar-refractivity contribution in [3.63, 3.8) is 0 Å². The van der Waals surface area contributed by atoms with Gasteiger partial charge in [-0.05, 0) is 74.1 Å². The number of benzene rings is 3. The third kappa shape index (κ3) is 3.87. The molecule has 1 atom stereocenters. The molecule has 4 nitrogen and oxygen atoms in total. The molecular weight excluding hydrogens is 422 g/mol. The van der Waals surface area contributed by atoms with E-state index in [9.17, 15) is 4.79 Å². The van der Waals surface area contributed by atoms with Crippen LogP contribution in [0.2, 0.25) is 0 Å². The first-order chi connectivity index (χ1) is 16.5. The van der Waals surface area contributed by atoms with Crippen molar-refractivity contribution < 1.29 is 13.9 Å². The molecule has 1 aromatic heterocycles. The average Bonchev–Trinajstić information content (AvgIpc) is 3.28. The minimum absolute atomic E-state index is 0.0754. The third-order valence-corrected chi connectivity index (χ3v) is 7.16. The molecule has 2 heterocycles. The largest absolute Gasteiger partial charge is 0.496 e. The molecule has 0 spiro atoms. The number of nitrogens with zero attached hydrogens (tertiary/aromatic N) is 1. The molecule has 4 heteroatoms. The van der Waals surface area contributed by atoms with Gasteiger partial charge in [0.1, 0.15) is 11.3 Å². The monoisotopic (exact) mass is 453 g/mol. The van der Waals surface area contributed by atoms with E-state index in [4.69, 9.17) is 9.15 Å². The quantitative estimate of drug-likeness (QED) is 0.303. The summed E-state index contributed by atoms with van der Waals surface area (Å²) in [7, 11) is 1.67. The summed E-state index contributed by atoms with van der Waals surface area (Å²) in [6.45, 7) is 6.97. The zero-order valence-electron chi connectivity index (χ0n) is 20.4. The Morgan fingerprint density at radius 3 is 2.68 bits per heavy atom. The molecule has 0 aliphatic carbocycles. The maximum Gasteiger partial charge on any atom is 0.247 e. The minimum Gasteiger partial charge on any atom is -0.496 e. The molecule has 1 fully saturated rings. The molecule has 0 N–H and O–H groups in total. The van der Waals surface area contributed by atoms with Crippen LogP contribution in [0.1, 0.15) is 44.2 Å². The van der Waals surface area contributed by atoms with Crippen LogP contribution in [-0.2, 0) is 4.79 Å². The highest BCUT2D eigenvalue weighted by Crippen LogP contribution is 2.41. The normalized spacial score (nSPS) is 16.9. The summed E-state index contributed by atoms with van der Waals surface area (Å²) in [6.07, 6.45) is 6.92. The van der Waals surface area contributed by atoms with Gasteiger partial charge < -0.3 is 14.1 Å². The Labute approximate surface area is 200 Å². The fourth-order valence-electron chi connectivity index (χ4n) is 5.22. The molecule has 1 saturated heterocycles. The van der Waals surface area contributed by atoms with Crippen molar-refractivity contribution in [2.75, 3.05) is 13.7 Å². The summed E-state index contributed by atoms with van der Waals surface area (Å²) in [6, 6.07) is 17.2. The van der Waals surface area contributed by atoms with Crippen molar-refractivity contribution in [2.24, 2.45) is 0 Å². The van der Waals surface area contributed by atoms with Crippen LogP contribution in [0.4, 0.5) is 0 Å². The van der Waals surface area contributed by atoms with E-state index < -0.39 is 0 Å². The van der Waals surface area contributed by atoms with E-state index in [0.29, 0.717) is 0 Å². The topological polar surface area (TPSA) is 42.7 Å². The number of fused-ring (bicyclic) bond motifs is 2. The predicted molar refractivity (Wildman–Crippen MR) is 139 cm³/mol. The molecule has 34 heavy (non-hydrogen) atoms. The summed E-state index contributed by atoms with van der Waals surface area (Å²) in [4.78, 5) is 15.1. The number of hydrogen-bond acceptors (Lipinski definition) is 3. The van der Waals surface area contributed by atoms with E-state index in [0.717, 1.165) is 63.9 Å². The first kappa shape index (κ1) is 22.3. The van der Waals surface area contributed by atoms with Crippen LogP contribution >= 0.6 is 0 Å². The second-order valence-corrected chi connectivity index (χ2v) is 9.37. The van der Waals surface area contributed by atoms with Gasteiger partial charge in [0.2, 0.25) is 5.91 Å². The second kappa shape index (κ2) is 9.02. The zero-order chi connectivity index (χ0) is 23.8. The molecule has 0 bridgehead atoms. The first-order valence-corrected chi connectivity index (χ1v) is 12.0. The fraction of sp³-hybridized carbons (Fsp3) is 0.300. The van der Waals surface area contributed by atoms with Gasteiger partial charge in [0.15, 0.2) is 0 Å². The lowest BCUT2D eigenvalue weighted by atomic mass is 9.95. The molecule has 174 valence electrons. The lowest BCUT2D eigenvalue weighted by Crippen LogP contribution is -2.41. The second-order valence-electron chi connectivity index (χ2n) is 9.37. The smallest absolute Gasteiger partial charge is 0.247 e. The summed E-state index contributed by atoms with van der Waals surface area (Å²) >= 11 is 0. The number of hydrogen-bond donors (Lipinski definition) is 0. The predicted octanol–water partition coefficient (Wildman–Crippen LogP) is 7.37. The van der Waals surface area contributed by atoms with Gasteiger partial charge in [-0.1, -0.05) is 36.4 Å². The standard InChI is InChI=1S/C30H31NO3/c1-19(15-28(32)31-14-8-7-9-20(31)2)25-17-26-27(18-34-30(26)21(3)29(25)33-4)24-13-12-22-10-5-6-11-23(22)16-24/h5-6,10-13,15-18,20H,7-9,14H2,1-4H3/b19-15+. The molecule has 5 rings (SSSR count). The molecule has 0 radical (unpaired) electrons. The van der Waals surface area contributed by atoms with Crippen molar-refractivity contribution in [3.8, 4) is 16.9 Å². The number of aryl methyl sites for hydroxylation is 1. The lowest BCUT2D eigenvalue weighted by Gasteiger charge is -2.32. The van der Waals surface area contributed by atoms with Crippen molar-refractivity contribution in [1.82, 2.24) is 4.90 Å². The fourth-order valence-corrected chi connectivity index (χ4v) is 5.22. The molecule has 3 aromatic carbocycles. The number of furan rings is 1. The van der Waals surface area contributed by atoms with Gasteiger partial charge in [0, 0.05) is 40.7 Å². The summed E-state index contributed by atoms with van der Waals surface area (Å²) < 4.78 is 11.8. The van der Waals surface area contributed by atoms with Crippen LogP contribution in [-0.4, -0.2) is 30.5 Å². The third-order valence-electron chi connectivity index (χ3n) is 7.16. The molecule has 0 saturated carbocycles. The number of methoxy groups -OCH3 is 1. The van der Waals surface area contributed by atoms with Crippen LogP contribution in [0.25, 0.3) is 38.4 Å². The number of piperidine rings is 1. The molecular formula is C30H31NO3. The zero-order valence-corrected chi connectivity index (χ0v) is 20.4. The van der Waals surface area contributed by atoms with Crippen LogP contribution in [0.5, 0.6) is 5.75 Å². The Balaban J connectivity index is 1.61. The lowest BCUT2D eigenvalue weighted by molar-refractivity contribution is -0.129. The Morgan fingerprint density at radius 2 is 1.91 bits per heavy atom. The number of ether oxygens (including phenoxy) is 1.